The topological polar surface area (TPSA) is 55.6 Å². The molecule has 2 rings (SSSR count). The van der Waals surface area contributed by atoms with Crippen LogP contribution in [0.2, 0.25) is 0 Å². The number of carbonyl (C=O) groups excluding carboxylic acids is 1. The van der Waals surface area contributed by atoms with E-state index >= 15 is 0 Å². The van der Waals surface area contributed by atoms with E-state index < -0.39 is 0 Å². The number of cyclic esters (lactones) is 1. The van der Waals surface area contributed by atoms with Gasteiger partial charge in [-0.05, 0) is 12.0 Å². The van der Waals surface area contributed by atoms with Crippen molar-refractivity contribution in [1.82, 2.24) is 4.90 Å². The number of nitrogens with two attached hydrogens (primary N) is 1. The van der Waals surface area contributed by atoms with Gasteiger partial charge in [-0.1, -0.05) is 30.3 Å². The third-order valence-corrected chi connectivity index (χ3v) is 2.78. The van der Waals surface area contributed by atoms with Crippen molar-refractivity contribution in [2.75, 3.05) is 19.7 Å². The molecule has 86 valence electrons. The molecule has 0 bridgehead atoms. The highest BCUT2D eigenvalue weighted by molar-refractivity contribution is 5.69. The number of nitrogens with zero attached hydrogens (tertiary/aromatic N) is 1. The lowest BCUT2D eigenvalue weighted by molar-refractivity contribution is 0.157. The van der Waals surface area contributed by atoms with Crippen LogP contribution in [0.1, 0.15) is 18.0 Å². The SMILES string of the molecule is NC(CCN1CCOC1=O)c1ccccc1. The Balaban J connectivity index is 1.84. The van der Waals surface area contributed by atoms with Crippen molar-refractivity contribution < 1.29 is 9.53 Å². The predicted molar refractivity (Wildman–Crippen MR) is 60.9 cm³/mol. The smallest absolute Gasteiger partial charge is 0.409 e. The van der Waals surface area contributed by atoms with E-state index in [1.807, 2.05) is 30.3 Å². The molecule has 4 nitrogen and oxygen atoms in total. The molecule has 2 N–H and O–H groups in total. The molecule has 1 saturated heterocycles. The molecule has 0 saturated carbocycles. The molecule has 1 aliphatic heterocycles. The fourth-order valence-corrected chi connectivity index (χ4v) is 1.79. The third-order valence-electron chi connectivity index (χ3n) is 2.78. The highest BCUT2D eigenvalue weighted by Crippen LogP contribution is 2.15. The first-order valence-corrected chi connectivity index (χ1v) is 5.49. The maximum Gasteiger partial charge on any atom is 0.409 e. The molecule has 1 aromatic carbocycles. The lowest BCUT2D eigenvalue weighted by Gasteiger charge is -2.16. The molecule has 16 heavy (non-hydrogen) atoms. The fraction of sp³-hybridized carbons (Fsp3) is 0.417. The number of ether oxygens (including phenoxy) is 1. The van der Waals surface area contributed by atoms with Crippen LogP contribution >= 0.6 is 0 Å². The molecule has 1 aliphatic rings. The molecule has 1 unspecified atom stereocenters. The summed E-state index contributed by atoms with van der Waals surface area (Å²) in [6.07, 6.45) is 0.541. The average molecular weight is 220 g/mol. The van der Waals surface area contributed by atoms with Gasteiger partial charge in [0.05, 0.1) is 6.54 Å². The largest absolute Gasteiger partial charge is 0.448 e. The fourth-order valence-electron chi connectivity index (χ4n) is 1.79. The number of rotatable bonds is 4. The van der Waals surface area contributed by atoms with Gasteiger partial charge in [0, 0.05) is 12.6 Å². The van der Waals surface area contributed by atoms with Crippen LogP contribution in [-0.2, 0) is 4.74 Å². The summed E-state index contributed by atoms with van der Waals surface area (Å²) in [7, 11) is 0. The van der Waals surface area contributed by atoms with Crippen molar-refractivity contribution in [1.29, 1.82) is 0 Å². The lowest BCUT2D eigenvalue weighted by Crippen LogP contribution is -2.28. The van der Waals surface area contributed by atoms with E-state index in [1.54, 1.807) is 4.90 Å². The Hall–Kier alpha value is -1.55. The summed E-state index contributed by atoms with van der Waals surface area (Å²) >= 11 is 0. The summed E-state index contributed by atoms with van der Waals surface area (Å²) in [6, 6.07) is 9.90. The Morgan fingerprint density at radius 3 is 2.75 bits per heavy atom. The molecule has 1 atom stereocenters. The van der Waals surface area contributed by atoms with Gasteiger partial charge >= 0.3 is 6.09 Å². The maximum atomic E-state index is 11.2. The Labute approximate surface area is 95.0 Å². The Morgan fingerprint density at radius 2 is 2.12 bits per heavy atom. The zero-order valence-electron chi connectivity index (χ0n) is 9.13. The number of amides is 1. The van der Waals surface area contributed by atoms with Gasteiger partial charge in [-0.2, -0.15) is 0 Å². The minimum atomic E-state index is -0.222. The van der Waals surface area contributed by atoms with Crippen LogP contribution in [0.15, 0.2) is 30.3 Å². The maximum absolute atomic E-state index is 11.2. The number of hydrogen-bond acceptors (Lipinski definition) is 3. The molecule has 1 fully saturated rings. The summed E-state index contributed by atoms with van der Waals surface area (Å²) in [5.41, 5.74) is 7.15. The van der Waals surface area contributed by atoms with Gasteiger partial charge in [0.1, 0.15) is 6.61 Å². The van der Waals surface area contributed by atoms with Gasteiger partial charge in [-0.3, -0.25) is 0 Å². The van der Waals surface area contributed by atoms with E-state index in [-0.39, 0.29) is 12.1 Å². The van der Waals surface area contributed by atoms with Crippen LogP contribution in [0.4, 0.5) is 4.79 Å². The summed E-state index contributed by atoms with van der Waals surface area (Å²) in [6.45, 7) is 1.84. The van der Waals surface area contributed by atoms with Crippen molar-refractivity contribution in [2.24, 2.45) is 5.73 Å². The second-order valence-corrected chi connectivity index (χ2v) is 3.91. The standard InChI is InChI=1S/C12H16N2O2/c13-11(10-4-2-1-3-5-10)6-7-14-8-9-16-12(14)15/h1-5,11H,6-9,13H2. The second kappa shape index (κ2) is 4.99. The molecule has 1 amide bonds. The first kappa shape index (κ1) is 11.0. The average Bonchev–Trinajstić information content (AvgIpc) is 2.73. The van der Waals surface area contributed by atoms with Gasteiger partial charge in [0.15, 0.2) is 0 Å². The second-order valence-electron chi connectivity index (χ2n) is 3.91. The highest BCUT2D eigenvalue weighted by atomic mass is 16.6. The molecular formula is C12H16N2O2. The van der Waals surface area contributed by atoms with Crippen LogP contribution in [0, 0.1) is 0 Å². The van der Waals surface area contributed by atoms with Crippen LogP contribution in [0.25, 0.3) is 0 Å². The van der Waals surface area contributed by atoms with Gasteiger partial charge in [0.2, 0.25) is 0 Å². The van der Waals surface area contributed by atoms with Crippen molar-refractivity contribution in [3.63, 3.8) is 0 Å². The Morgan fingerprint density at radius 1 is 1.38 bits per heavy atom. The van der Waals surface area contributed by atoms with E-state index in [9.17, 15) is 4.79 Å². The molecule has 4 heteroatoms. The molecular weight excluding hydrogens is 204 g/mol. The summed E-state index contributed by atoms with van der Waals surface area (Å²) in [5, 5.41) is 0. The van der Waals surface area contributed by atoms with Crippen LogP contribution < -0.4 is 5.73 Å². The zero-order valence-corrected chi connectivity index (χ0v) is 9.13. The van der Waals surface area contributed by atoms with Crippen molar-refractivity contribution in [3.8, 4) is 0 Å². The third kappa shape index (κ3) is 2.52. The summed E-state index contributed by atoms with van der Waals surface area (Å²) < 4.78 is 4.85. The van der Waals surface area contributed by atoms with Gasteiger partial charge in [-0.25, -0.2) is 4.79 Å². The van der Waals surface area contributed by atoms with E-state index in [2.05, 4.69) is 0 Å². The highest BCUT2D eigenvalue weighted by Gasteiger charge is 2.22. The normalized spacial score (nSPS) is 17.3. The van der Waals surface area contributed by atoms with E-state index in [0.717, 1.165) is 12.0 Å². The lowest BCUT2D eigenvalue weighted by atomic mass is 10.0. The number of benzene rings is 1. The van der Waals surface area contributed by atoms with Gasteiger partial charge in [-0.15, -0.1) is 0 Å². The van der Waals surface area contributed by atoms with Gasteiger partial charge < -0.3 is 15.4 Å². The van der Waals surface area contributed by atoms with Crippen LogP contribution in [-0.4, -0.2) is 30.7 Å². The van der Waals surface area contributed by atoms with Crippen LogP contribution in [0.3, 0.4) is 0 Å². The minimum absolute atomic E-state index is 0.0189. The molecule has 0 aliphatic carbocycles. The molecule has 1 heterocycles. The quantitative estimate of drug-likeness (QED) is 0.837. The van der Waals surface area contributed by atoms with E-state index in [1.165, 1.54) is 0 Å². The first-order valence-electron chi connectivity index (χ1n) is 5.49. The van der Waals surface area contributed by atoms with Crippen LogP contribution in [0.5, 0.6) is 0 Å². The van der Waals surface area contributed by atoms with Crippen molar-refractivity contribution in [3.05, 3.63) is 35.9 Å². The first-order chi connectivity index (χ1) is 7.77. The van der Waals surface area contributed by atoms with Crippen molar-refractivity contribution >= 4 is 6.09 Å². The summed E-state index contributed by atoms with van der Waals surface area (Å²) in [5.74, 6) is 0. The minimum Gasteiger partial charge on any atom is -0.448 e. The number of hydrogen-bond donors (Lipinski definition) is 1. The molecule has 0 spiro atoms. The molecule has 1 aromatic rings. The Bertz CT molecular complexity index is 353. The Kier molecular flexibility index (Phi) is 3.41. The molecule has 0 aromatic heterocycles. The predicted octanol–water partition coefficient (Wildman–Crippen LogP) is 1.53. The van der Waals surface area contributed by atoms with Crippen molar-refractivity contribution in [2.45, 2.75) is 12.5 Å². The zero-order chi connectivity index (χ0) is 11.4. The number of carbonyl (C=O) groups is 1. The van der Waals surface area contributed by atoms with E-state index in [0.29, 0.717) is 19.7 Å². The van der Waals surface area contributed by atoms with E-state index in [4.69, 9.17) is 10.5 Å². The summed E-state index contributed by atoms with van der Waals surface area (Å²) in [4.78, 5) is 12.9. The van der Waals surface area contributed by atoms with Gasteiger partial charge in [0.25, 0.3) is 0 Å². The molecule has 0 radical (unpaired) electrons. The monoisotopic (exact) mass is 220 g/mol.